The van der Waals surface area contributed by atoms with Crippen LogP contribution in [0.4, 0.5) is 0 Å². The number of hydrogen-bond donors (Lipinski definition) is 0. The Morgan fingerprint density at radius 3 is 2.85 bits per heavy atom. The van der Waals surface area contributed by atoms with Crippen LogP contribution in [-0.4, -0.2) is 25.8 Å². The van der Waals surface area contributed by atoms with Crippen LogP contribution < -0.4 is 0 Å². The van der Waals surface area contributed by atoms with E-state index in [0.717, 1.165) is 19.3 Å². The fourth-order valence-corrected chi connectivity index (χ4v) is 4.33. The van der Waals surface area contributed by atoms with Crippen molar-refractivity contribution in [3.8, 4) is 6.07 Å². The first-order valence-corrected chi connectivity index (χ1v) is 8.63. The number of nitrogens with zero attached hydrogens (tertiary/aromatic N) is 2. The molecule has 5 heteroatoms. The second-order valence-corrected chi connectivity index (χ2v) is 7.27. The van der Waals surface area contributed by atoms with E-state index >= 15 is 0 Å². The molecule has 0 aliphatic carbocycles. The smallest absolute Gasteiger partial charge is 0.212 e. The fraction of sp³-hybridized carbons (Fsp3) is 0.533. The molecule has 20 heavy (non-hydrogen) atoms. The van der Waals surface area contributed by atoms with Crippen molar-refractivity contribution in [1.82, 2.24) is 4.31 Å². The summed E-state index contributed by atoms with van der Waals surface area (Å²) in [6.45, 7) is 3.33. The fourth-order valence-electron chi connectivity index (χ4n) is 2.66. The van der Waals surface area contributed by atoms with Crippen molar-refractivity contribution in [1.29, 1.82) is 5.26 Å². The first kappa shape index (κ1) is 15.0. The molecule has 0 saturated carbocycles. The third kappa shape index (κ3) is 3.38. The predicted molar refractivity (Wildman–Crippen MR) is 78.4 cm³/mol. The number of benzene rings is 1. The Morgan fingerprint density at radius 1 is 1.40 bits per heavy atom. The molecule has 1 atom stereocenters. The summed E-state index contributed by atoms with van der Waals surface area (Å²) in [5, 5.41) is 9.05. The minimum absolute atomic E-state index is 0.0762. The molecule has 1 aromatic carbocycles. The highest BCUT2D eigenvalue weighted by Crippen LogP contribution is 2.23. The summed E-state index contributed by atoms with van der Waals surface area (Å²) in [6, 6.07) is 8.97. The molecular weight excluding hydrogens is 272 g/mol. The summed E-state index contributed by atoms with van der Waals surface area (Å²) in [7, 11) is -3.33. The molecule has 0 amide bonds. The first-order valence-electron chi connectivity index (χ1n) is 7.02. The molecule has 2 rings (SSSR count). The van der Waals surface area contributed by atoms with E-state index in [-0.39, 0.29) is 5.75 Å². The second-order valence-electron chi connectivity index (χ2n) is 5.30. The highest BCUT2D eigenvalue weighted by atomic mass is 32.2. The van der Waals surface area contributed by atoms with Crippen LogP contribution in [0.2, 0.25) is 0 Å². The van der Waals surface area contributed by atoms with E-state index in [1.54, 1.807) is 28.6 Å². The van der Waals surface area contributed by atoms with Gasteiger partial charge in [0.15, 0.2) is 0 Å². The van der Waals surface area contributed by atoms with Gasteiger partial charge >= 0.3 is 0 Å². The topological polar surface area (TPSA) is 61.2 Å². The Kier molecular flexibility index (Phi) is 4.79. The lowest BCUT2D eigenvalue weighted by molar-refractivity contribution is 0.261. The van der Waals surface area contributed by atoms with Gasteiger partial charge in [-0.2, -0.15) is 5.26 Å². The van der Waals surface area contributed by atoms with Crippen molar-refractivity contribution in [2.45, 2.75) is 31.9 Å². The van der Waals surface area contributed by atoms with Gasteiger partial charge in [-0.25, -0.2) is 12.7 Å². The van der Waals surface area contributed by atoms with Gasteiger partial charge in [-0.05, 0) is 30.4 Å². The average molecular weight is 292 g/mol. The highest BCUT2D eigenvalue weighted by Gasteiger charge is 2.28. The first-order chi connectivity index (χ1) is 9.56. The van der Waals surface area contributed by atoms with Crippen LogP contribution in [0.25, 0.3) is 0 Å². The van der Waals surface area contributed by atoms with Crippen molar-refractivity contribution in [2.24, 2.45) is 5.92 Å². The molecule has 1 aromatic rings. The molecule has 4 nitrogen and oxygen atoms in total. The van der Waals surface area contributed by atoms with E-state index in [9.17, 15) is 8.42 Å². The number of hydrogen-bond acceptors (Lipinski definition) is 3. The Bertz CT molecular complexity index is 605. The highest BCUT2D eigenvalue weighted by molar-refractivity contribution is 7.88. The normalized spacial score (nSPS) is 20.5. The summed E-state index contributed by atoms with van der Waals surface area (Å²) in [4.78, 5) is 0. The molecule has 1 saturated heterocycles. The molecule has 0 spiro atoms. The lowest BCUT2D eigenvalue weighted by Gasteiger charge is -2.31. The predicted octanol–water partition coefficient (Wildman–Crippen LogP) is 2.51. The van der Waals surface area contributed by atoms with Crippen molar-refractivity contribution >= 4 is 10.0 Å². The molecule has 1 fully saturated rings. The maximum absolute atomic E-state index is 12.5. The maximum Gasteiger partial charge on any atom is 0.218 e. The summed E-state index contributed by atoms with van der Waals surface area (Å²) >= 11 is 0. The zero-order valence-corrected chi connectivity index (χ0v) is 12.6. The summed E-state index contributed by atoms with van der Waals surface area (Å²) in [6.07, 6.45) is 3.05. The zero-order chi connectivity index (χ0) is 14.6. The van der Waals surface area contributed by atoms with Gasteiger partial charge < -0.3 is 0 Å². The van der Waals surface area contributed by atoms with E-state index in [0.29, 0.717) is 30.1 Å². The Balaban J connectivity index is 2.17. The van der Waals surface area contributed by atoms with Crippen molar-refractivity contribution in [3.05, 3.63) is 35.4 Å². The van der Waals surface area contributed by atoms with Crippen LogP contribution in [0, 0.1) is 17.2 Å². The van der Waals surface area contributed by atoms with E-state index in [1.165, 1.54) is 0 Å². The second kappa shape index (κ2) is 6.38. The van der Waals surface area contributed by atoms with Gasteiger partial charge in [0, 0.05) is 13.1 Å². The van der Waals surface area contributed by atoms with Crippen molar-refractivity contribution in [3.63, 3.8) is 0 Å². The summed E-state index contributed by atoms with van der Waals surface area (Å²) in [5.74, 6) is 0.386. The van der Waals surface area contributed by atoms with Gasteiger partial charge in [0.05, 0.1) is 17.4 Å². The Hall–Kier alpha value is -1.38. The van der Waals surface area contributed by atoms with Crippen molar-refractivity contribution in [2.75, 3.05) is 13.1 Å². The molecule has 0 N–H and O–H groups in total. The average Bonchev–Trinajstić information content (AvgIpc) is 2.47. The minimum atomic E-state index is -3.33. The molecule has 1 aliphatic rings. The Morgan fingerprint density at radius 2 is 2.15 bits per heavy atom. The van der Waals surface area contributed by atoms with Gasteiger partial charge in [-0.3, -0.25) is 0 Å². The van der Waals surface area contributed by atoms with E-state index in [4.69, 9.17) is 5.26 Å². The van der Waals surface area contributed by atoms with Gasteiger partial charge in [0.2, 0.25) is 10.0 Å². The van der Waals surface area contributed by atoms with Crippen molar-refractivity contribution < 1.29 is 8.42 Å². The lowest BCUT2D eigenvalue weighted by Crippen LogP contribution is -2.40. The molecule has 0 radical (unpaired) electrons. The molecule has 0 bridgehead atoms. The van der Waals surface area contributed by atoms with E-state index < -0.39 is 10.0 Å². The van der Waals surface area contributed by atoms with Gasteiger partial charge in [-0.15, -0.1) is 0 Å². The van der Waals surface area contributed by atoms with Crippen LogP contribution in [0.1, 0.15) is 37.3 Å². The summed E-state index contributed by atoms with van der Waals surface area (Å²) in [5.41, 5.74) is 1.04. The lowest BCUT2D eigenvalue weighted by atomic mass is 9.97. The zero-order valence-electron chi connectivity index (χ0n) is 11.7. The largest absolute Gasteiger partial charge is 0.218 e. The van der Waals surface area contributed by atoms with E-state index in [2.05, 4.69) is 13.0 Å². The van der Waals surface area contributed by atoms with E-state index in [1.807, 2.05) is 0 Å². The van der Waals surface area contributed by atoms with Gasteiger partial charge in [0.25, 0.3) is 0 Å². The SMILES string of the molecule is CCC1CCCN(S(=O)(=O)Cc2ccccc2C#N)C1. The summed E-state index contributed by atoms with van der Waals surface area (Å²) < 4.78 is 26.6. The molecule has 108 valence electrons. The number of rotatable bonds is 4. The number of piperidine rings is 1. The quantitative estimate of drug-likeness (QED) is 0.856. The van der Waals surface area contributed by atoms with Gasteiger partial charge in [-0.1, -0.05) is 31.5 Å². The van der Waals surface area contributed by atoms with Crippen LogP contribution in [0.3, 0.4) is 0 Å². The molecule has 1 unspecified atom stereocenters. The van der Waals surface area contributed by atoms with Crippen LogP contribution >= 0.6 is 0 Å². The Labute approximate surface area is 121 Å². The van der Waals surface area contributed by atoms with Crippen LogP contribution in [0.5, 0.6) is 0 Å². The van der Waals surface area contributed by atoms with Crippen LogP contribution in [-0.2, 0) is 15.8 Å². The third-order valence-electron chi connectivity index (χ3n) is 3.93. The molecule has 0 aromatic heterocycles. The maximum atomic E-state index is 12.5. The molecular formula is C15H20N2O2S. The molecule has 1 heterocycles. The van der Waals surface area contributed by atoms with Crippen LogP contribution in [0.15, 0.2) is 24.3 Å². The number of nitriles is 1. The monoisotopic (exact) mass is 292 g/mol. The molecule has 1 aliphatic heterocycles. The minimum Gasteiger partial charge on any atom is -0.212 e. The van der Waals surface area contributed by atoms with Gasteiger partial charge in [0.1, 0.15) is 0 Å². The standard InChI is InChI=1S/C15H20N2O2S/c1-2-13-6-5-9-17(11-13)20(18,19)12-15-8-4-3-7-14(15)10-16/h3-4,7-8,13H,2,5-6,9,11-12H2,1H3. The third-order valence-corrected chi connectivity index (χ3v) is 5.72. The number of sulfonamides is 1.